The summed E-state index contributed by atoms with van der Waals surface area (Å²) in [5, 5.41) is 13.4. The van der Waals surface area contributed by atoms with Crippen LogP contribution in [0.25, 0.3) is 10.2 Å². The molecule has 7 heteroatoms. The van der Waals surface area contributed by atoms with Gasteiger partial charge in [-0.3, -0.25) is 0 Å². The summed E-state index contributed by atoms with van der Waals surface area (Å²) < 4.78 is 3.03. The average Bonchev–Trinajstić information content (AvgIpc) is 2.98. The summed E-state index contributed by atoms with van der Waals surface area (Å²) in [4.78, 5) is 8.61. The second-order valence-corrected chi connectivity index (χ2v) is 5.23. The molecule has 0 fully saturated rings. The molecule has 3 rings (SSSR count). The zero-order valence-corrected chi connectivity index (χ0v) is 11.6. The van der Waals surface area contributed by atoms with Crippen LogP contribution < -0.4 is 5.32 Å². The predicted molar refractivity (Wildman–Crippen MR) is 75.3 cm³/mol. The van der Waals surface area contributed by atoms with E-state index in [9.17, 15) is 0 Å². The topological polar surface area (TPSA) is 68.5 Å². The van der Waals surface area contributed by atoms with Gasteiger partial charge in [-0.25, -0.2) is 9.97 Å². The van der Waals surface area contributed by atoms with Gasteiger partial charge in [0.15, 0.2) is 0 Å². The van der Waals surface area contributed by atoms with E-state index in [1.165, 1.54) is 5.56 Å². The fraction of sp³-hybridized carbons (Fsp3) is 0.333. The Bertz CT molecular complexity index is 701. The predicted octanol–water partition coefficient (Wildman–Crippen LogP) is 1.78. The standard InChI is InChI=1S/C12H14N6S/c1-8-5-19-11-10(8)14-6-15-12(11)13-4-3-9-17-16-7-18(9)2/h5-7H,3-4H2,1-2H3,(H,13,14,15). The molecule has 3 heterocycles. The van der Waals surface area contributed by atoms with Crippen molar-refractivity contribution in [3.63, 3.8) is 0 Å². The monoisotopic (exact) mass is 274 g/mol. The molecule has 98 valence electrons. The van der Waals surface area contributed by atoms with Gasteiger partial charge < -0.3 is 9.88 Å². The number of aromatic nitrogens is 5. The zero-order chi connectivity index (χ0) is 13.2. The third-order valence-electron chi connectivity index (χ3n) is 2.98. The maximum absolute atomic E-state index is 4.31. The van der Waals surface area contributed by atoms with Crippen molar-refractivity contribution >= 4 is 27.4 Å². The van der Waals surface area contributed by atoms with Gasteiger partial charge in [0.05, 0.1) is 10.2 Å². The molecule has 0 aliphatic rings. The van der Waals surface area contributed by atoms with Crippen LogP contribution in [0.2, 0.25) is 0 Å². The molecular weight excluding hydrogens is 260 g/mol. The van der Waals surface area contributed by atoms with Gasteiger partial charge in [-0.05, 0) is 17.9 Å². The average molecular weight is 274 g/mol. The first-order valence-corrected chi connectivity index (χ1v) is 6.89. The first kappa shape index (κ1) is 12.0. The van der Waals surface area contributed by atoms with Crippen molar-refractivity contribution in [2.24, 2.45) is 7.05 Å². The van der Waals surface area contributed by atoms with Crippen LogP contribution in [-0.2, 0) is 13.5 Å². The van der Waals surface area contributed by atoms with Gasteiger partial charge in [0.1, 0.15) is 24.3 Å². The van der Waals surface area contributed by atoms with E-state index in [0.29, 0.717) is 0 Å². The highest BCUT2D eigenvalue weighted by Gasteiger charge is 2.08. The molecule has 0 atom stereocenters. The number of hydrogen-bond acceptors (Lipinski definition) is 6. The zero-order valence-electron chi connectivity index (χ0n) is 10.8. The molecule has 3 aromatic rings. The number of nitrogens with one attached hydrogen (secondary N) is 1. The van der Waals surface area contributed by atoms with Gasteiger partial charge in [0.2, 0.25) is 0 Å². The fourth-order valence-corrected chi connectivity index (χ4v) is 2.89. The molecule has 0 aliphatic carbocycles. The van der Waals surface area contributed by atoms with Crippen molar-refractivity contribution in [2.75, 3.05) is 11.9 Å². The summed E-state index contributed by atoms with van der Waals surface area (Å²) in [5.41, 5.74) is 2.22. The van der Waals surface area contributed by atoms with Crippen molar-refractivity contribution in [2.45, 2.75) is 13.3 Å². The van der Waals surface area contributed by atoms with Crippen LogP contribution in [0.5, 0.6) is 0 Å². The molecule has 0 spiro atoms. The van der Waals surface area contributed by atoms with E-state index in [4.69, 9.17) is 0 Å². The number of nitrogens with zero attached hydrogens (tertiary/aromatic N) is 5. The van der Waals surface area contributed by atoms with Crippen LogP contribution in [0.1, 0.15) is 11.4 Å². The molecule has 0 unspecified atom stereocenters. The summed E-state index contributed by atoms with van der Waals surface area (Å²) in [6.07, 6.45) is 4.12. The third kappa shape index (κ3) is 2.28. The number of fused-ring (bicyclic) bond motifs is 1. The van der Waals surface area contributed by atoms with Crippen LogP contribution in [0, 0.1) is 6.92 Å². The SMILES string of the molecule is Cc1csc2c(NCCc3nncn3C)ncnc12. The van der Waals surface area contributed by atoms with Crippen LogP contribution in [0.3, 0.4) is 0 Å². The second-order valence-electron chi connectivity index (χ2n) is 4.35. The summed E-state index contributed by atoms with van der Waals surface area (Å²) in [7, 11) is 1.95. The Hall–Kier alpha value is -2.02. The fourth-order valence-electron chi connectivity index (χ4n) is 1.92. The minimum atomic E-state index is 0.773. The highest BCUT2D eigenvalue weighted by Crippen LogP contribution is 2.28. The quantitative estimate of drug-likeness (QED) is 0.785. The van der Waals surface area contributed by atoms with Gasteiger partial charge in [-0.2, -0.15) is 0 Å². The summed E-state index contributed by atoms with van der Waals surface area (Å²) in [6.45, 7) is 2.84. The highest BCUT2D eigenvalue weighted by atomic mass is 32.1. The summed E-state index contributed by atoms with van der Waals surface area (Å²) >= 11 is 1.67. The van der Waals surface area contributed by atoms with Crippen LogP contribution in [0.4, 0.5) is 5.82 Å². The van der Waals surface area contributed by atoms with Crippen LogP contribution >= 0.6 is 11.3 Å². The largest absolute Gasteiger partial charge is 0.368 e. The Morgan fingerprint density at radius 2 is 2.26 bits per heavy atom. The number of rotatable bonds is 4. The lowest BCUT2D eigenvalue weighted by atomic mass is 10.3. The smallest absolute Gasteiger partial charge is 0.147 e. The Morgan fingerprint density at radius 3 is 3.05 bits per heavy atom. The minimum absolute atomic E-state index is 0.773. The van der Waals surface area contributed by atoms with Crippen LogP contribution in [0.15, 0.2) is 18.0 Å². The molecule has 0 amide bonds. The van der Waals surface area contributed by atoms with E-state index in [1.807, 2.05) is 11.6 Å². The summed E-state index contributed by atoms with van der Waals surface area (Å²) in [6, 6.07) is 0. The highest BCUT2D eigenvalue weighted by molar-refractivity contribution is 7.18. The molecule has 3 aromatic heterocycles. The number of aryl methyl sites for hydroxylation is 2. The van der Waals surface area contributed by atoms with Crippen LogP contribution in [-0.4, -0.2) is 31.3 Å². The second kappa shape index (κ2) is 4.93. The van der Waals surface area contributed by atoms with Crippen molar-refractivity contribution < 1.29 is 0 Å². The number of thiophene rings is 1. The van der Waals surface area contributed by atoms with Crippen molar-refractivity contribution in [3.05, 3.63) is 29.4 Å². The molecule has 0 radical (unpaired) electrons. The van der Waals surface area contributed by atoms with E-state index in [2.05, 4.69) is 37.8 Å². The number of hydrogen-bond donors (Lipinski definition) is 1. The summed E-state index contributed by atoms with van der Waals surface area (Å²) in [5.74, 6) is 1.85. The molecule has 0 bridgehead atoms. The molecule has 6 nitrogen and oxygen atoms in total. The van der Waals surface area contributed by atoms with Gasteiger partial charge in [0, 0.05) is 20.0 Å². The molecule has 0 saturated carbocycles. The molecule has 0 saturated heterocycles. The first-order valence-electron chi connectivity index (χ1n) is 6.01. The Balaban J connectivity index is 1.74. The van der Waals surface area contributed by atoms with E-state index >= 15 is 0 Å². The number of anilines is 1. The Morgan fingerprint density at radius 1 is 1.37 bits per heavy atom. The maximum Gasteiger partial charge on any atom is 0.147 e. The Labute approximate surface area is 114 Å². The molecule has 0 aromatic carbocycles. The minimum Gasteiger partial charge on any atom is -0.368 e. The van der Waals surface area contributed by atoms with E-state index in [0.717, 1.165) is 34.8 Å². The van der Waals surface area contributed by atoms with Crippen molar-refractivity contribution in [3.8, 4) is 0 Å². The third-order valence-corrected chi connectivity index (χ3v) is 4.07. The first-order chi connectivity index (χ1) is 9.25. The molecule has 19 heavy (non-hydrogen) atoms. The van der Waals surface area contributed by atoms with Gasteiger partial charge in [-0.1, -0.05) is 0 Å². The Kier molecular flexibility index (Phi) is 3.12. The van der Waals surface area contributed by atoms with Gasteiger partial charge in [-0.15, -0.1) is 21.5 Å². The van der Waals surface area contributed by atoms with Gasteiger partial charge in [0.25, 0.3) is 0 Å². The van der Waals surface area contributed by atoms with Crippen molar-refractivity contribution in [1.29, 1.82) is 0 Å². The van der Waals surface area contributed by atoms with E-state index in [1.54, 1.807) is 24.0 Å². The van der Waals surface area contributed by atoms with E-state index in [-0.39, 0.29) is 0 Å². The lowest BCUT2D eigenvalue weighted by Crippen LogP contribution is -2.09. The molecular formula is C12H14N6S. The van der Waals surface area contributed by atoms with Crippen molar-refractivity contribution in [1.82, 2.24) is 24.7 Å². The normalized spacial score (nSPS) is 11.1. The molecule has 0 aliphatic heterocycles. The lowest BCUT2D eigenvalue weighted by molar-refractivity contribution is 0.787. The van der Waals surface area contributed by atoms with E-state index < -0.39 is 0 Å². The molecule has 1 N–H and O–H groups in total. The maximum atomic E-state index is 4.31. The lowest BCUT2D eigenvalue weighted by Gasteiger charge is -2.05. The van der Waals surface area contributed by atoms with Gasteiger partial charge >= 0.3 is 0 Å².